The zero-order chi connectivity index (χ0) is 25.5. The van der Waals surface area contributed by atoms with E-state index in [1.165, 1.54) is 17.7 Å². The first-order valence-electron chi connectivity index (χ1n) is 11.8. The molecule has 7 heteroatoms. The van der Waals surface area contributed by atoms with Gasteiger partial charge in [0.25, 0.3) is 0 Å². The number of unbranched alkanes of at least 4 members (excludes halogenated alkanes) is 1. The lowest BCUT2D eigenvalue weighted by molar-refractivity contribution is 0.0492. The van der Waals surface area contributed by atoms with E-state index in [9.17, 15) is 14.4 Å². The Labute approximate surface area is 208 Å². The minimum absolute atomic E-state index is 0.0107. The summed E-state index contributed by atoms with van der Waals surface area (Å²) in [6.45, 7) is 2.29. The van der Waals surface area contributed by atoms with Gasteiger partial charge in [0, 0.05) is 5.56 Å². The van der Waals surface area contributed by atoms with Crippen LogP contribution in [0.25, 0.3) is 11.0 Å². The molecule has 0 bridgehead atoms. The van der Waals surface area contributed by atoms with Gasteiger partial charge in [0.2, 0.25) is 11.2 Å². The number of nitrogens with two attached hydrogens (primary N) is 1. The van der Waals surface area contributed by atoms with E-state index in [-0.39, 0.29) is 34.6 Å². The van der Waals surface area contributed by atoms with Gasteiger partial charge in [0.1, 0.15) is 17.0 Å². The molecule has 1 aromatic heterocycles. The Hall–Kier alpha value is -4.39. The molecule has 0 radical (unpaired) electrons. The molecule has 1 heterocycles. The summed E-state index contributed by atoms with van der Waals surface area (Å²) in [5, 5.41) is 0.113. The standard InChI is InChI=1S/C29H27NO6/c1-2-34-29(33)28-24(30)26(32)23-13-8-12-22(27(23)36-28)25(31)20-14-16-21(17-15-20)35-18-7-6-11-19-9-4-3-5-10-19/h3-5,8-10,12-17H,2,6-7,11,18,30H2,1H3. The van der Waals surface area contributed by atoms with Crippen molar-refractivity contribution in [3.05, 3.63) is 105 Å². The third-order valence-electron chi connectivity index (χ3n) is 5.75. The van der Waals surface area contributed by atoms with Crippen molar-refractivity contribution >= 4 is 28.4 Å². The van der Waals surface area contributed by atoms with Gasteiger partial charge in [-0.15, -0.1) is 0 Å². The molecule has 0 aliphatic heterocycles. The molecule has 0 aliphatic carbocycles. The molecule has 184 valence electrons. The highest BCUT2D eigenvalue weighted by Crippen LogP contribution is 2.25. The number of carbonyl (C=O) groups is 2. The first kappa shape index (κ1) is 24.7. The zero-order valence-corrected chi connectivity index (χ0v) is 20.0. The van der Waals surface area contributed by atoms with Gasteiger partial charge in [-0.05, 0) is 68.1 Å². The lowest BCUT2D eigenvalue weighted by Gasteiger charge is -2.10. The third kappa shape index (κ3) is 5.46. The Kier molecular flexibility index (Phi) is 7.80. The number of carbonyl (C=O) groups excluding carboxylic acids is 2. The lowest BCUT2D eigenvalue weighted by atomic mass is 10.0. The fourth-order valence-electron chi connectivity index (χ4n) is 3.88. The predicted molar refractivity (Wildman–Crippen MR) is 138 cm³/mol. The number of hydrogen-bond donors (Lipinski definition) is 1. The number of anilines is 1. The van der Waals surface area contributed by atoms with Crippen molar-refractivity contribution in [2.75, 3.05) is 18.9 Å². The van der Waals surface area contributed by atoms with Gasteiger partial charge in [-0.1, -0.05) is 36.4 Å². The molecule has 0 saturated carbocycles. The molecule has 0 atom stereocenters. The molecule has 0 saturated heterocycles. The van der Waals surface area contributed by atoms with E-state index >= 15 is 0 Å². The zero-order valence-electron chi connectivity index (χ0n) is 20.0. The molecule has 0 aliphatic rings. The summed E-state index contributed by atoms with van der Waals surface area (Å²) in [4.78, 5) is 38.2. The quantitative estimate of drug-likeness (QED) is 0.187. The summed E-state index contributed by atoms with van der Waals surface area (Å²) in [5.41, 5.74) is 6.70. The van der Waals surface area contributed by atoms with Gasteiger partial charge < -0.3 is 19.6 Å². The van der Waals surface area contributed by atoms with Crippen molar-refractivity contribution in [1.29, 1.82) is 0 Å². The summed E-state index contributed by atoms with van der Waals surface area (Å²) in [5.74, 6) is -0.974. The largest absolute Gasteiger partial charge is 0.494 e. The summed E-state index contributed by atoms with van der Waals surface area (Å²) >= 11 is 0. The van der Waals surface area contributed by atoms with Crippen LogP contribution in [0, 0.1) is 0 Å². The van der Waals surface area contributed by atoms with E-state index in [0.29, 0.717) is 17.9 Å². The Morgan fingerprint density at radius 1 is 0.917 bits per heavy atom. The van der Waals surface area contributed by atoms with Crippen LogP contribution in [0.4, 0.5) is 5.69 Å². The summed E-state index contributed by atoms with van der Waals surface area (Å²) in [6.07, 6.45) is 2.93. The van der Waals surface area contributed by atoms with Crippen LogP contribution in [-0.4, -0.2) is 25.0 Å². The predicted octanol–water partition coefficient (Wildman–Crippen LogP) is 5.18. The first-order valence-corrected chi connectivity index (χ1v) is 11.8. The molecular weight excluding hydrogens is 458 g/mol. The normalized spacial score (nSPS) is 10.8. The van der Waals surface area contributed by atoms with Crippen molar-refractivity contribution < 1.29 is 23.5 Å². The van der Waals surface area contributed by atoms with Crippen LogP contribution >= 0.6 is 0 Å². The Morgan fingerprint density at radius 2 is 1.67 bits per heavy atom. The molecule has 0 amide bonds. The second-order valence-electron chi connectivity index (χ2n) is 8.22. The van der Waals surface area contributed by atoms with Crippen LogP contribution in [0.2, 0.25) is 0 Å². The minimum atomic E-state index is -0.860. The van der Waals surface area contributed by atoms with Crippen LogP contribution in [-0.2, 0) is 11.2 Å². The summed E-state index contributed by atoms with van der Waals surface area (Å²) in [6, 6.07) is 21.7. The molecule has 4 rings (SSSR count). The van der Waals surface area contributed by atoms with Crippen molar-refractivity contribution in [3.63, 3.8) is 0 Å². The summed E-state index contributed by atoms with van der Waals surface area (Å²) < 4.78 is 16.4. The van der Waals surface area contributed by atoms with Gasteiger partial charge in [0.05, 0.1) is 24.2 Å². The Balaban J connectivity index is 1.47. The fourth-order valence-corrected chi connectivity index (χ4v) is 3.88. The number of fused-ring (bicyclic) bond motifs is 1. The number of hydrogen-bond acceptors (Lipinski definition) is 7. The maximum absolute atomic E-state index is 13.3. The highest BCUT2D eigenvalue weighted by molar-refractivity contribution is 6.15. The van der Waals surface area contributed by atoms with E-state index in [0.717, 1.165) is 19.3 Å². The number of rotatable bonds is 10. The average Bonchev–Trinajstić information content (AvgIpc) is 2.91. The molecule has 4 aromatic rings. The van der Waals surface area contributed by atoms with E-state index in [1.807, 2.05) is 18.2 Å². The molecule has 2 N–H and O–H groups in total. The van der Waals surface area contributed by atoms with Crippen LogP contribution < -0.4 is 15.9 Å². The van der Waals surface area contributed by atoms with E-state index < -0.39 is 17.2 Å². The molecule has 3 aromatic carbocycles. The van der Waals surface area contributed by atoms with Crippen molar-refractivity contribution in [1.82, 2.24) is 0 Å². The van der Waals surface area contributed by atoms with Gasteiger partial charge >= 0.3 is 5.97 Å². The molecule has 0 unspecified atom stereocenters. The lowest BCUT2D eigenvalue weighted by Crippen LogP contribution is -2.17. The highest BCUT2D eigenvalue weighted by Gasteiger charge is 2.23. The molecular formula is C29H27NO6. The Bertz CT molecular complexity index is 1420. The monoisotopic (exact) mass is 485 g/mol. The highest BCUT2D eigenvalue weighted by atomic mass is 16.5. The number of aryl methyl sites for hydroxylation is 1. The smallest absolute Gasteiger partial charge is 0.376 e. The number of ketones is 1. The van der Waals surface area contributed by atoms with Crippen molar-refractivity contribution in [2.24, 2.45) is 0 Å². The van der Waals surface area contributed by atoms with Gasteiger partial charge in [0.15, 0.2) is 5.78 Å². The maximum Gasteiger partial charge on any atom is 0.376 e. The SMILES string of the molecule is CCOC(=O)c1oc2c(C(=O)c3ccc(OCCCCc4ccccc4)cc3)cccc2c(=O)c1N. The Morgan fingerprint density at radius 3 is 2.39 bits per heavy atom. The third-order valence-corrected chi connectivity index (χ3v) is 5.75. The number of benzene rings is 3. The van der Waals surface area contributed by atoms with E-state index in [2.05, 4.69) is 12.1 Å². The van der Waals surface area contributed by atoms with Crippen molar-refractivity contribution in [2.45, 2.75) is 26.2 Å². The number of esters is 1. The fraction of sp³-hybridized carbons (Fsp3) is 0.207. The molecule has 36 heavy (non-hydrogen) atoms. The van der Waals surface area contributed by atoms with E-state index in [4.69, 9.17) is 19.6 Å². The van der Waals surface area contributed by atoms with E-state index in [1.54, 1.807) is 37.3 Å². The van der Waals surface area contributed by atoms with Crippen LogP contribution in [0.3, 0.4) is 0 Å². The van der Waals surface area contributed by atoms with Crippen LogP contribution in [0.15, 0.2) is 82.0 Å². The molecule has 0 fully saturated rings. The topological polar surface area (TPSA) is 109 Å². The number of para-hydroxylation sites is 1. The van der Waals surface area contributed by atoms with Crippen LogP contribution in [0.1, 0.15) is 51.8 Å². The number of nitrogen functional groups attached to an aromatic ring is 1. The first-order chi connectivity index (χ1) is 17.5. The maximum atomic E-state index is 13.3. The minimum Gasteiger partial charge on any atom is -0.494 e. The second kappa shape index (κ2) is 11.4. The molecule has 0 spiro atoms. The number of ether oxygens (including phenoxy) is 2. The van der Waals surface area contributed by atoms with Gasteiger partial charge in [-0.25, -0.2) is 4.79 Å². The average molecular weight is 486 g/mol. The van der Waals surface area contributed by atoms with Crippen LogP contribution in [0.5, 0.6) is 5.75 Å². The molecule has 7 nitrogen and oxygen atoms in total. The van der Waals surface area contributed by atoms with Gasteiger partial charge in [-0.2, -0.15) is 0 Å². The summed E-state index contributed by atoms with van der Waals surface area (Å²) in [7, 11) is 0. The van der Waals surface area contributed by atoms with Gasteiger partial charge in [-0.3, -0.25) is 9.59 Å². The van der Waals surface area contributed by atoms with Crippen molar-refractivity contribution in [3.8, 4) is 5.75 Å². The second-order valence-corrected chi connectivity index (χ2v) is 8.22.